The molecule has 6 rings (SSSR count). The Bertz CT molecular complexity index is 1360. The number of likely N-dealkylation sites (tertiary alicyclic amines) is 1. The van der Waals surface area contributed by atoms with Gasteiger partial charge in [-0.05, 0) is 24.3 Å². The van der Waals surface area contributed by atoms with Gasteiger partial charge in [0.25, 0.3) is 5.91 Å². The van der Waals surface area contributed by atoms with Gasteiger partial charge in [-0.25, -0.2) is 14.4 Å². The van der Waals surface area contributed by atoms with Crippen molar-refractivity contribution in [1.82, 2.24) is 29.9 Å². The third-order valence-corrected chi connectivity index (χ3v) is 6.67. The minimum Gasteiger partial charge on any atom is -0.497 e. The van der Waals surface area contributed by atoms with Gasteiger partial charge in [-0.2, -0.15) is 15.0 Å². The molecule has 2 unspecified atom stereocenters. The molecule has 2 aliphatic rings. The van der Waals surface area contributed by atoms with E-state index in [0.29, 0.717) is 24.7 Å². The number of anilines is 1. The number of hydrogen-bond acceptors (Lipinski definition) is 7. The Labute approximate surface area is 194 Å². The smallest absolute Gasteiger partial charge is 0.259 e. The lowest BCUT2D eigenvalue weighted by Gasteiger charge is -2.23. The highest BCUT2D eigenvalue weighted by atomic mass is 19.1. The van der Waals surface area contributed by atoms with Crippen LogP contribution in [0, 0.1) is 17.7 Å². The van der Waals surface area contributed by atoms with E-state index in [1.54, 1.807) is 24.1 Å². The van der Waals surface area contributed by atoms with E-state index in [-0.39, 0.29) is 23.3 Å². The zero-order chi connectivity index (χ0) is 23.2. The summed E-state index contributed by atoms with van der Waals surface area (Å²) in [5, 5.41) is 9.09. The van der Waals surface area contributed by atoms with Crippen LogP contribution in [-0.2, 0) is 0 Å². The molecule has 2 aromatic heterocycles. The Morgan fingerprint density at radius 3 is 2.56 bits per heavy atom. The molecule has 0 spiro atoms. The Morgan fingerprint density at radius 2 is 1.82 bits per heavy atom. The molecule has 0 aliphatic carbocycles. The van der Waals surface area contributed by atoms with Gasteiger partial charge in [0, 0.05) is 55.7 Å². The van der Waals surface area contributed by atoms with Crippen LogP contribution < -0.4 is 9.64 Å². The summed E-state index contributed by atoms with van der Waals surface area (Å²) in [5.74, 6) is 1.06. The third-order valence-electron chi connectivity index (χ3n) is 6.67. The molecule has 0 bridgehead atoms. The first-order chi connectivity index (χ1) is 16.6. The van der Waals surface area contributed by atoms with Gasteiger partial charge in [-0.3, -0.25) is 4.79 Å². The molecule has 4 heterocycles. The number of rotatable bonds is 4. The summed E-state index contributed by atoms with van der Waals surface area (Å²) in [4.78, 5) is 27.8. The van der Waals surface area contributed by atoms with E-state index < -0.39 is 5.82 Å². The lowest BCUT2D eigenvalue weighted by molar-refractivity contribution is 0.0777. The van der Waals surface area contributed by atoms with Crippen molar-refractivity contribution in [2.24, 2.45) is 11.8 Å². The number of aromatic nitrogens is 5. The van der Waals surface area contributed by atoms with Crippen LogP contribution in [0.25, 0.3) is 16.6 Å². The Morgan fingerprint density at radius 1 is 1.06 bits per heavy atom. The molecular weight excluding hydrogens is 437 g/mol. The molecule has 172 valence electrons. The highest BCUT2D eigenvalue weighted by Gasteiger charge is 2.43. The maximum absolute atomic E-state index is 14.8. The second-order valence-corrected chi connectivity index (χ2v) is 8.68. The molecule has 1 amide bonds. The first kappa shape index (κ1) is 20.5. The average molecular weight is 459 g/mol. The van der Waals surface area contributed by atoms with Crippen molar-refractivity contribution in [2.75, 3.05) is 38.2 Å². The fraction of sp³-hybridized carbons (Fsp3) is 0.292. The van der Waals surface area contributed by atoms with Crippen molar-refractivity contribution in [3.63, 3.8) is 0 Å². The summed E-state index contributed by atoms with van der Waals surface area (Å²) in [5.41, 5.74) is 1.17. The molecular formula is C24H22FN7O2. The van der Waals surface area contributed by atoms with E-state index in [1.165, 1.54) is 23.3 Å². The molecule has 0 N–H and O–H groups in total. The van der Waals surface area contributed by atoms with E-state index >= 15 is 0 Å². The number of carbonyl (C=O) groups excluding carboxylic acids is 1. The van der Waals surface area contributed by atoms with Gasteiger partial charge in [0.2, 0.25) is 5.95 Å². The maximum Gasteiger partial charge on any atom is 0.259 e. The van der Waals surface area contributed by atoms with E-state index in [0.717, 1.165) is 29.7 Å². The minimum atomic E-state index is -0.571. The van der Waals surface area contributed by atoms with Gasteiger partial charge in [-0.1, -0.05) is 6.07 Å². The molecule has 4 aromatic rings. The predicted octanol–water partition coefficient (Wildman–Crippen LogP) is 2.57. The number of methoxy groups -OCH3 is 1. The Kier molecular flexibility index (Phi) is 4.86. The van der Waals surface area contributed by atoms with Crippen LogP contribution in [0.4, 0.5) is 10.3 Å². The molecule has 0 saturated carbocycles. The number of amides is 1. The largest absolute Gasteiger partial charge is 0.497 e. The molecule has 2 aliphatic heterocycles. The van der Waals surface area contributed by atoms with Crippen LogP contribution in [-0.4, -0.2) is 69.1 Å². The topological polar surface area (TPSA) is 89.3 Å². The highest BCUT2D eigenvalue weighted by molar-refractivity contribution is 5.98. The van der Waals surface area contributed by atoms with Crippen LogP contribution in [0.5, 0.6) is 5.75 Å². The summed E-state index contributed by atoms with van der Waals surface area (Å²) in [7, 11) is 1.63. The van der Waals surface area contributed by atoms with Crippen molar-refractivity contribution in [1.29, 1.82) is 0 Å². The summed E-state index contributed by atoms with van der Waals surface area (Å²) < 4.78 is 20.1. The number of hydrogen-bond donors (Lipinski definition) is 0. The summed E-state index contributed by atoms with van der Waals surface area (Å²) in [6, 6.07) is 10.2. The van der Waals surface area contributed by atoms with E-state index in [2.05, 4.69) is 20.1 Å². The molecule has 2 atom stereocenters. The molecule has 9 nitrogen and oxygen atoms in total. The van der Waals surface area contributed by atoms with E-state index in [4.69, 9.17) is 9.72 Å². The SMILES string of the molecule is COc1ccc2cnc(N3CC4CN(C(=O)c5c(F)cccc5-n5nccn5)CC4C3)nc2c1. The van der Waals surface area contributed by atoms with Gasteiger partial charge in [0.1, 0.15) is 22.8 Å². The van der Waals surface area contributed by atoms with Crippen LogP contribution in [0.15, 0.2) is 55.0 Å². The van der Waals surface area contributed by atoms with Crippen molar-refractivity contribution in [3.8, 4) is 11.4 Å². The lowest BCUT2D eigenvalue weighted by Crippen LogP contribution is -2.34. The number of halogens is 1. The van der Waals surface area contributed by atoms with Crippen LogP contribution in [0.3, 0.4) is 0 Å². The molecule has 0 radical (unpaired) electrons. The highest BCUT2D eigenvalue weighted by Crippen LogP contribution is 2.34. The van der Waals surface area contributed by atoms with Gasteiger partial charge < -0.3 is 14.5 Å². The number of nitrogens with zero attached hydrogens (tertiary/aromatic N) is 7. The fourth-order valence-electron chi connectivity index (χ4n) is 4.98. The maximum atomic E-state index is 14.8. The van der Waals surface area contributed by atoms with Crippen molar-refractivity contribution in [3.05, 3.63) is 66.4 Å². The monoisotopic (exact) mass is 459 g/mol. The number of carbonyl (C=O) groups is 1. The fourth-order valence-corrected chi connectivity index (χ4v) is 4.98. The molecule has 2 fully saturated rings. The molecule has 10 heteroatoms. The molecule has 34 heavy (non-hydrogen) atoms. The normalized spacial score (nSPS) is 19.6. The summed E-state index contributed by atoms with van der Waals surface area (Å²) in [6.45, 7) is 2.60. The molecule has 2 aromatic carbocycles. The predicted molar refractivity (Wildman–Crippen MR) is 123 cm³/mol. The first-order valence-electron chi connectivity index (χ1n) is 11.1. The Balaban J connectivity index is 1.20. The van der Waals surface area contributed by atoms with Crippen molar-refractivity contribution in [2.45, 2.75) is 0 Å². The van der Waals surface area contributed by atoms with Gasteiger partial charge >= 0.3 is 0 Å². The number of benzene rings is 2. The average Bonchev–Trinajstić information content (AvgIpc) is 3.60. The van der Waals surface area contributed by atoms with Crippen molar-refractivity contribution >= 4 is 22.8 Å². The summed E-state index contributed by atoms with van der Waals surface area (Å²) in [6.07, 6.45) is 4.82. The van der Waals surface area contributed by atoms with Crippen LogP contribution in [0.1, 0.15) is 10.4 Å². The molecule has 2 saturated heterocycles. The number of ether oxygens (including phenoxy) is 1. The van der Waals surface area contributed by atoms with Crippen molar-refractivity contribution < 1.29 is 13.9 Å². The van der Waals surface area contributed by atoms with Gasteiger partial charge in [0.05, 0.1) is 25.0 Å². The number of fused-ring (bicyclic) bond motifs is 2. The third kappa shape index (κ3) is 3.42. The summed E-state index contributed by atoms with van der Waals surface area (Å²) >= 11 is 0. The van der Waals surface area contributed by atoms with E-state index in [9.17, 15) is 9.18 Å². The van der Waals surface area contributed by atoms with Crippen LogP contribution >= 0.6 is 0 Å². The van der Waals surface area contributed by atoms with E-state index in [1.807, 2.05) is 24.4 Å². The quantitative estimate of drug-likeness (QED) is 0.463. The zero-order valence-corrected chi connectivity index (χ0v) is 18.5. The standard InChI is InChI=1S/C24H22FN7O2/c1-34-18-6-5-15-10-26-24(29-20(15)9-18)31-13-16-11-30(12-17(16)14-31)23(33)22-19(25)3-2-4-21(22)32-27-7-8-28-32/h2-10,16-17H,11-14H2,1H3. The second-order valence-electron chi connectivity index (χ2n) is 8.68. The van der Waals surface area contributed by atoms with Gasteiger partial charge in [-0.15, -0.1) is 0 Å². The van der Waals surface area contributed by atoms with Crippen LogP contribution in [0.2, 0.25) is 0 Å². The second kappa shape index (κ2) is 8.05. The Hall–Kier alpha value is -4.08. The first-order valence-corrected chi connectivity index (χ1v) is 11.1. The minimum absolute atomic E-state index is 0.00217. The zero-order valence-electron chi connectivity index (χ0n) is 18.5. The lowest BCUT2D eigenvalue weighted by atomic mass is 10.0. The van der Waals surface area contributed by atoms with Gasteiger partial charge in [0.15, 0.2) is 0 Å².